The van der Waals surface area contributed by atoms with Crippen LogP contribution in [0, 0.1) is 0 Å². The van der Waals surface area contributed by atoms with E-state index >= 15 is 0 Å². The number of imidazole rings is 1. The van der Waals surface area contributed by atoms with Gasteiger partial charge in [0.2, 0.25) is 0 Å². The van der Waals surface area contributed by atoms with Gasteiger partial charge in [-0.15, -0.1) is 0 Å². The van der Waals surface area contributed by atoms with Crippen molar-refractivity contribution in [3.05, 3.63) is 39.8 Å². The molecule has 3 nitrogen and oxygen atoms in total. The van der Waals surface area contributed by atoms with E-state index in [1.807, 2.05) is 0 Å². The van der Waals surface area contributed by atoms with Gasteiger partial charge >= 0.3 is 0 Å². The molecule has 0 radical (unpaired) electrons. The van der Waals surface area contributed by atoms with Gasteiger partial charge < -0.3 is 10.7 Å². The number of rotatable bonds is 2. The van der Waals surface area contributed by atoms with E-state index in [2.05, 4.69) is 51.0 Å². The van der Waals surface area contributed by atoms with Crippen molar-refractivity contribution >= 4 is 15.9 Å². The molecule has 17 heavy (non-hydrogen) atoms. The molecule has 3 rings (SSSR count). The molecule has 0 saturated heterocycles. The van der Waals surface area contributed by atoms with Crippen LogP contribution in [0.15, 0.2) is 22.7 Å². The Bertz CT molecular complexity index is 574. The average molecular weight is 292 g/mol. The molecule has 0 saturated carbocycles. The molecule has 0 spiro atoms. The SMILES string of the molecule is CCC(N)c1nc2c([nH]1)Cc1cc(Br)ccc1-2. The maximum Gasteiger partial charge on any atom is 0.123 e. The lowest BCUT2D eigenvalue weighted by molar-refractivity contribution is 0.656. The zero-order valence-electron chi connectivity index (χ0n) is 9.63. The predicted octanol–water partition coefficient (Wildman–Crippen LogP) is 3.15. The second-order valence-electron chi connectivity index (χ2n) is 4.44. The van der Waals surface area contributed by atoms with E-state index in [0.717, 1.165) is 28.8 Å². The van der Waals surface area contributed by atoms with Crippen LogP contribution in [-0.2, 0) is 6.42 Å². The number of aromatic nitrogens is 2. The zero-order valence-corrected chi connectivity index (χ0v) is 11.2. The molecule has 1 unspecified atom stereocenters. The summed E-state index contributed by atoms with van der Waals surface area (Å²) in [7, 11) is 0. The van der Waals surface area contributed by atoms with E-state index in [0.29, 0.717) is 0 Å². The molecular weight excluding hydrogens is 278 g/mol. The van der Waals surface area contributed by atoms with Crippen LogP contribution >= 0.6 is 15.9 Å². The third kappa shape index (κ3) is 1.72. The Kier molecular flexibility index (Phi) is 2.56. The van der Waals surface area contributed by atoms with Crippen LogP contribution in [0.4, 0.5) is 0 Å². The van der Waals surface area contributed by atoms with Crippen molar-refractivity contribution in [3.63, 3.8) is 0 Å². The molecule has 0 amide bonds. The first kappa shape index (κ1) is 11.0. The van der Waals surface area contributed by atoms with E-state index in [9.17, 15) is 0 Å². The number of nitrogens with one attached hydrogen (secondary N) is 1. The number of aromatic amines is 1. The Hall–Kier alpha value is -1.13. The maximum atomic E-state index is 6.00. The monoisotopic (exact) mass is 291 g/mol. The number of nitrogens with two attached hydrogens (primary N) is 1. The number of H-pyrrole nitrogens is 1. The summed E-state index contributed by atoms with van der Waals surface area (Å²) in [5, 5.41) is 0. The van der Waals surface area contributed by atoms with Gasteiger partial charge in [0.15, 0.2) is 0 Å². The zero-order chi connectivity index (χ0) is 12.0. The molecule has 2 aromatic rings. The molecule has 1 heterocycles. The first-order chi connectivity index (χ1) is 8.19. The molecule has 0 fully saturated rings. The number of hydrogen-bond acceptors (Lipinski definition) is 2. The van der Waals surface area contributed by atoms with E-state index in [1.165, 1.54) is 16.8 Å². The van der Waals surface area contributed by atoms with E-state index < -0.39 is 0 Å². The summed E-state index contributed by atoms with van der Waals surface area (Å²) in [5.41, 5.74) is 10.8. The minimum atomic E-state index is 0.0134. The van der Waals surface area contributed by atoms with Crippen molar-refractivity contribution in [1.29, 1.82) is 0 Å². The Balaban J connectivity index is 2.06. The van der Waals surface area contributed by atoms with Crippen molar-refractivity contribution in [1.82, 2.24) is 9.97 Å². The summed E-state index contributed by atoms with van der Waals surface area (Å²) in [5.74, 6) is 0.908. The number of nitrogens with zero attached hydrogens (tertiary/aromatic N) is 1. The maximum absolute atomic E-state index is 6.00. The number of fused-ring (bicyclic) bond motifs is 3. The van der Waals surface area contributed by atoms with Gasteiger partial charge in [-0.3, -0.25) is 0 Å². The first-order valence-electron chi connectivity index (χ1n) is 5.82. The van der Waals surface area contributed by atoms with Crippen molar-refractivity contribution < 1.29 is 0 Å². The molecule has 1 aliphatic rings. The minimum Gasteiger partial charge on any atom is -0.344 e. The standard InChI is InChI=1S/C13H14BrN3/c1-2-10(15)13-16-11-6-7-5-8(14)3-4-9(7)12(11)17-13/h3-5,10H,2,6,15H2,1H3,(H,16,17). The van der Waals surface area contributed by atoms with Gasteiger partial charge in [-0.1, -0.05) is 28.9 Å². The van der Waals surface area contributed by atoms with Crippen molar-refractivity contribution in [2.75, 3.05) is 0 Å². The van der Waals surface area contributed by atoms with Crippen LogP contribution in [-0.4, -0.2) is 9.97 Å². The Morgan fingerprint density at radius 3 is 3.12 bits per heavy atom. The Morgan fingerprint density at radius 1 is 1.53 bits per heavy atom. The van der Waals surface area contributed by atoms with E-state index in [4.69, 9.17) is 5.73 Å². The van der Waals surface area contributed by atoms with Gasteiger partial charge in [-0.2, -0.15) is 0 Å². The van der Waals surface area contributed by atoms with E-state index in [-0.39, 0.29) is 6.04 Å². The number of benzene rings is 1. The van der Waals surface area contributed by atoms with E-state index in [1.54, 1.807) is 0 Å². The lowest BCUT2D eigenvalue weighted by Gasteiger charge is -2.05. The smallest absolute Gasteiger partial charge is 0.123 e. The highest BCUT2D eigenvalue weighted by Crippen LogP contribution is 2.36. The summed E-state index contributed by atoms with van der Waals surface area (Å²) in [6.45, 7) is 2.07. The first-order valence-corrected chi connectivity index (χ1v) is 6.61. The summed E-state index contributed by atoms with van der Waals surface area (Å²) in [6, 6.07) is 6.35. The number of hydrogen-bond donors (Lipinski definition) is 2. The third-order valence-corrected chi connectivity index (χ3v) is 3.77. The van der Waals surface area contributed by atoms with Crippen LogP contribution in [0.5, 0.6) is 0 Å². The summed E-state index contributed by atoms with van der Waals surface area (Å²) < 4.78 is 1.12. The van der Waals surface area contributed by atoms with Gasteiger partial charge in [-0.05, 0) is 24.1 Å². The summed E-state index contributed by atoms with van der Waals surface area (Å²) in [6.07, 6.45) is 1.83. The van der Waals surface area contributed by atoms with Crippen molar-refractivity contribution in [2.24, 2.45) is 5.73 Å². The molecule has 4 heteroatoms. The topological polar surface area (TPSA) is 54.7 Å². The Morgan fingerprint density at radius 2 is 2.35 bits per heavy atom. The number of halogens is 1. The molecule has 0 bridgehead atoms. The molecule has 3 N–H and O–H groups in total. The van der Waals surface area contributed by atoms with Crippen LogP contribution in [0.25, 0.3) is 11.3 Å². The second-order valence-corrected chi connectivity index (χ2v) is 5.36. The second kappa shape index (κ2) is 3.96. The van der Waals surface area contributed by atoms with Crippen LogP contribution in [0.1, 0.15) is 36.5 Å². The molecule has 1 aromatic heterocycles. The lowest BCUT2D eigenvalue weighted by Crippen LogP contribution is -2.10. The highest BCUT2D eigenvalue weighted by Gasteiger charge is 2.24. The molecule has 1 aliphatic carbocycles. The predicted molar refractivity (Wildman–Crippen MR) is 71.7 cm³/mol. The molecule has 1 atom stereocenters. The highest BCUT2D eigenvalue weighted by molar-refractivity contribution is 9.10. The van der Waals surface area contributed by atoms with Gasteiger partial charge in [-0.25, -0.2) is 4.98 Å². The van der Waals surface area contributed by atoms with Crippen molar-refractivity contribution in [3.8, 4) is 11.3 Å². The van der Waals surface area contributed by atoms with Gasteiger partial charge in [0.25, 0.3) is 0 Å². The molecular formula is C13H14BrN3. The van der Waals surface area contributed by atoms with Gasteiger partial charge in [0, 0.05) is 22.2 Å². The third-order valence-electron chi connectivity index (χ3n) is 3.28. The summed E-state index contributed by atoms with van der Waals surface area (Å²) in [4.78, 5) is 8.00. The normalized spacial score (nSPS) is 14.5. The highest BCUT2D eigenvalue weighted by atomic mass is 79.9. The fraction of sp³-hybridized carbons (Fsp3) is 0.308. The summed E-state index contributed by atoms with van der Waals surface area (Å²) >= 11 is 3.50. The fourth-order valence-electron chi connectivity index (χ4n) is 2.28. The largest absolute Gasteiger partial charge is 0.344 e. The van der Waals surface area contributed by atoms with Crippen LogP contribution < -0.4 is 5.73 Å². The van der Waals surface area contributed by atoms with Crippen LogP contribution in [0.3, 0.4) is 0 Å². The fourth-order valence-corrected chi connectivity index (χ4v) is 2.69. The van der Waals surface area contributed by atoms with Gasteiger partial charge in [0.05, 0.1) is 11.7 Å². The Labute approximate surface area is 109 Å². The minimum absolute atomic E-state index is 0.0134. The molecule has 1 aromatic carbocycles. The quantitative estimate of drug-likeness (QED) is 0.762. The van der Waals surface area contributed by atoms with Crippen LogP contribution in [0.2, 0.25) is 0 Å². The van der Waals surface area contributed by atoms with Gasteiger partial charge in [0.1, 0.15) is 5.82 Å². The average Bonchev–Trinajstić information content (AvgIpc) is 2.84. The van der Waals surface area contributed by atoms with Crippen molar-refractivity contribution in [2.45, 2.75) is 25.8 Å². The lowest BCUT2D eigenvalue weighted by atomic mass is 10.1. The molecule has 88 valence electrons. The molecule has 0 aliphatic heterocycles.